The highest BCUT2D eigenvalue weighted by atomic mass is 16.2. The SMILES string of the molecule is C=C(C)CN1C(=O)C2(CCCC2)NC(=O)C1CC. The zero-order valence-corrected chi connectivity index (χ0v) is 11.3. The number of hydrogen-bond donors (Lipinski definition) is 1. The number of nitrogens with zero attached hydrogens (tertiary/aromatic N) is 1. The largest absolute Gasteiger partial charge is 0.340 e. The van der Waals surface area contributed by atoms with Crippen LogP contribution in [0.15, 0.2) is 12.2 Å². The lowest BCUT2D eigenvalue weighted by molar-refractivity contribution is -0.154. The van der Waals surface area contributed by atoms with E-state index in [0.29, 0.717) is 13.0 Å². The van der Waals surface area contributed by atoms with Gasteiger partial charge in [-0.2, -0.15) is 0 Å². The van der Waals surface area contributed by atoms with E-state index < -0.39 is 5.54 Å². The Balaban J connectivity index is 2.29. The second-order valence-corrected chi connectivity index (χ2v) is 5.59. The number of rotatable bonds is 3. The Morgan fingerprint density at radius 3 is 2.56 bits per heavy atom. The Hall–Kier alpha value is -1.32. The van der Waals surface area contributed by atoms with Crippen molar-refractivity contribution in [3.8, 4) is 0 Å². The highest BCUT2D eigenvalue weighted by Gasteiger charge is 2.51. The van der Waals surface area contributed by atoms with Gasteiger partial charge in [-0.25, -0.2) is 0 Å². The topological polar surface area (TPSA) is 49.4 Å². The summed E-state index contributed by atoms with van der Waals surface area (Å²) in [5, 5.41) is 2.99. The molecule has 100 valence electrons. The van der Waals surface area contributed by atoms with Gasteiger partial charge < -0.3 is 10.2 Å². The molecule has 2 fully saturated rings. The summed E-state index contributed by atoms with van der Waals surface area (Å²) >= 11 is 0. The quantitative estimate of drug-likeness (QED) is 0.774. The van der Waals surface area contributed by atoms with Gasteiger partial charge in [0, 0.05) is 6.54 Å². The van der Waals surface area contributed by atoms with Crippen LogP contribution in [0.1, 0.15) is 46.0 Å². The summed E-state index contributed by atoms with van der Waals surface area (Å²) in [6, 6.07) is -0.333. The lowest BCUT2D eigenvalue weighted by atomic mass is 9.90. The molecule has 1 heterocycles. The van der Waals surface area contributed by atoms with Crippen LogP contribution in [-0.2, 0) is 9.59 Å². The molecule has 18 heavy (non-hydrogen) atoms. The molecule has 0 aromatic carbocycles. The van der Waals surface area contributed by atoms with Crippen molar-refractivity contribution < 1.29 is 9.59 Å². The van der Waals surface area contributed by atoms with E-state index in [0.717, 1.165) is 31.3 Å². The van der Waals surface area contributed by atoms with Crippen LogP contribution in [0.4, 0.5) is 0 Å². The van der Waals surface area contributed by atoms with Gasteiger partial charge in [-0.1, -0.05) is 31.9 Å². The summed E-state index contributed by atoms with van der Waals surface area (Å²) in [4.78, 5) is 26.6. The first-order valence-corrected chi connectivity index (χ1v) is 6.77. The Kier molecular flexibility index (Phi) is 3.46. The van der Waals surface area contributed by atoms with Crippen LogP contribution in [0.3, 0.4) is 0 Å². The summed E-state index contributed by atoms with van der Waals surface area (Å²) < 4.78 is 0. The van der Waals surface area contributed by atoms with Crippen LogP contribution in [0.5, 0.6) is 0 Å². The second-order valence-electron chi connectivity index (χ2n) is 5.59. The standard InChI is InChI=1S/C14H22N2O2/c1-4-11-12(17)15-14(7-5-6-8-14)13(18)16(11)9-10(2)3/h11H,2,4-9H2,1,3H3,(H,15,17). The third-order valence-corrected chi connectivity index (χ3v) is 4.00. The Morgan fingerprint density at radius 2 is 2.06 bits per heavy atom. The molecule has 1 saturated heterocycles. The van der Waals surface area contributed by atoms with Crippen LogP contribution in [-0.4, -0.2) is 34.8 Å². The number of piperazine rings is 1. The van der Waals surface area contributed by atoms with Crippen LogP contribution in [0, 0.1) is 0 Å². The Bertz CT molecular complexity index is 383. The van der Waals surface area contributed by atoms with E-state index in [9.17, 15) is 9.59 Å². The zero-order chi connectivity index (χ0) is 13.3. The van der Waals surface area contributed by atoms with Crippen molar-refractivity contribution in [3.63, 3.8) is 0 Å². The molecule has 1 saturated carbocycles. The fraction of sp³-hybridized carbons (Fsp3) is 0.714. The maximum Gasteiger partial charge on any atom is 0.249 e. The summed E-state index contributed by atoms with van der Waals surface area (Å²) in [5.74, 6) is 0.0923. The molecule has 0 radical (unpaired) electrons. The van der Waals surface area contributed by atoms with Gasteiger partial charge in [0.1, 0.15) is 11.6 Å². The predicted octanol–water partition coefficient (Wildman–Crippen LogP) is 1.61. The van der Waals surface area contributed by atoms with Crippen LogP contribution in [0.2, 0.25) is 0 Å². The van der Waals surface area contributed by atoms with Gasteiger partial charge in [0.2, 0.25) is 11.8 Å². The third kappa shape index (κ3) is 2.04. The molecule has 4 heteroatoms. The minimum absolute atomic E-state index is 0.000231. The molecule has 2 rings (SSSR count). The van der Waals surface area contributed by atoms with E-state index in [-0.39, 0.29) is 17.9 Å². The lowest BCUT2D eigenvalue weighted by Gasteiger charge is -2.44. The van der Waals surface area contributed by atoms with Crippen LogP contribution < -0.4 is 5.32 Å². The van der Waals surface area contributed by atoms with Gasteiger partial charge in [-0.15, -0.1) is 0 Å². The van der Waals surface area contributed by atoms with Crippen molar-refractivity contribution in [1.29, 1.82) is 0 Å². The van der Waals surface area contributed by atoms with E-state index >= 15 is 0 Å². The van der Waals surface area contributed by atoms with Crippen molar-refractivity contribution in [3.05, 3.63) is 12.2 Å². The molecule has 0 aromatic rings. The highest BCUT2D eigenvalue weighted by molar-refractivity contribution is 6.00. The van der Waals surface area contributed by atoms with E-state index in [4.69, 9.17) is 0 Å². The lowest BCUT2D eigenvalue weighted by Crippen LogP contribution is -2.69. The minimum Gasteiger partial charge on any atom is -0.340 e. The van der Waals surface area contributed by atoms with Gasteiger partial charge >= 0.3 is 0 Å². The fourth-order valence-electron chi connectivity index (χ4n) is 3.13. The van der Waals surface area contributed by atoms with Crippen LogP contribution >= 0.6 is 0 Å². The number of nitrogens with one attached hydrogen (secondary N) is 1. The molecule has 1 N–H and O–H groups in total. The highest BCUT2D eigenvalue weighted by Crippen LogP contribution is 2.35. The molecule has 0 bridgehead atoms. The van der Waals surface area contributed by atoms with Crippen molar-refractivity contribution in [2.75, 3.05) is 6.54 Å². The summed E-state index contributed by atoms with van der Waals surface area (Å²) in [5.41, 5.74) is 0.308. The summed E-state index contributed by atoms with van der Waals surface area (Å²) in [6.07, 6.45) is 4.25. The van der Waals surface area contributed by atoms with Crippen molar-refractivity contribution in [1.82, 2.24) is 10.2 Å². The second kappa shape index (κ2) is 4.75. The van der Waals surface area contributed by atoms with E-state index in [1.807, 2.05) is 13.8 Å². The summed E-state index contributed by atoms with van der Waals surface area (Å²) in [7, 11) is 0. The first-order chi connectivity index (χ1) is 8.50. The van der Waals surface area contributed by atoms with E-state index in [1.54, 1.807) is 4.90 Å². The molecule has 2 amide bonds. The summed E-state index contributed by atoms with van der Waals surface area (Å²) in [6.45, 7) is 8.20. The van der Waals surface area contributed by atoms with Crippen molar-refractivity contribution >= 4 is 11.8 Å². The molecule has 1 atom stereocenters. The van der Waals surface area contributed by atoms with Crippen molar-refractivity contribution in [2.24, 2.45) is 0 Å². The first kappa shape index (κ1) is 13.1. The van der Waals surface area contributed by atoms with Gasteiger partial charge in [-0.05, 0) is 26.2 Å². The van der Waals surface area contributed by atoms with Gasteiger partial charge in [0.05, 0.1) is 0 Å². The van der Waals surface area contributed by atoms with Gasteiger partial charge in [0.25, 0.3) is 0 Å². The molecule has 1 spiro atoms. The number of hydrogen-bond acceptors (Lipinski definition) is 2. The van der Waals surface area contributed by atoms with Crippen molar-refractivity contribution in [2.45, 2.75) is 57.5 Å². The Morgan fingerprint density at radius 1 is 1.44 bits per heavy atom. The molecule has 4 nitrogen and oxygen atoms in total. The first-order valence-electron chi connectivity index (χ1n) is 6.77. The maximum atomic E-state index is 12.7. The van der Waals surface area contributed by atoms with Crippen LogP contribution in [0.25, 0.3) is 0 Å². The number of carbonyl (C=O) groups is 2. The predicted molar refractivity (Wildman–Crippen MR) is 69.9 cm³/mol. The molecule has 1 aliphatic carbocycles. The average molecular weight is 250 g/mol. The molecule has 1 aliphatic heterocycles. The van der Waals surface area contributed by atoms with E-state index in [1.165, 1.54) is 0 Å². The zero-order valence-electron chi connectivity index (χ0n) is 11.3. The number of amides is 2. The monoisotopic (exact) mass is 250 g/mol. The maximum absolute atomic E-state index is 12.7. The molecule has 2 aliphatic rings. The molecular formula is C14H22N2O2. The van der Waals surface area contributed by atoms with Gasteiger partial charge in [-0.3, -0.25) is 9.59 Å². The third-order valence-electron chi connectivity index (χ3n) is 4.00. The smallest absolute Gasteiger partial charge is 0.249 e. The Labute approximate surface area is 108 Å². The molecule has 1 unspecified atom stereocenters. The van der Waals surface area contributed by atoms with E-state index in [2.05, 4.69) is 11.9 Å². The number of carbonyl (C=O) groups excluding carboxylic acids is 2. The minimum atomic E-state index is -0.613. The average Bonchev–Trinajstić information content (AvgIpc) is 2.75. The normalized spacial score (nSPS) is 26.6. The van der Waals surface area contributed by atoms with Gasteiger partial charge in [0.15, 0.2) is 0 Å². The molecular weight excluding hydrogens is 228 g/mol. The molecule has 0 aromatic heterocycles. The fourth-order valence-corrected chi connectivity index (χ4v) is 3.13.